The summed E-state index contributed by atoms with van der Waals surface area (Å²) in [5.41, 5.74) is 3.20. The average Bonchev–Trinajstić information content (AvgIpc) is 3.17. The van der Waals surface area contributed by atoms with Crippen LogP contribution in [0.1, 0.15) is 23.9 Å². The van der Waals surface area contributed by atoms with Crippen molar-refractivity contribution in [3.8, 4) is 23.4 Å². The van der Waals surface area contributed by atoms with Crippen LogP contribution in [0.15, 0.2) is 60.8 Å². The maximum absolute atomic E-state index is 9.07. The number of imidazole rings is 1. The van der Waals surface area contributed by atoms with E-state index in [0.717, 1.165) is 22.4 Å². The number of ether oxygens (including phenoxy) is 2. The summed E-state index contributed by atoms with van der Waals surface area (Å²) in [4.78, 5) is 9.22. The molecule has 0 amide bonds. The van der Waals surface area contributed by atoms with E-state index in [9.17, 15) is 0 Å². The molecule has 0 N–H and O–H groups in total. The second kappa shape index (κ2) is 8.50. The van der Waals surface area contributed by atoms with Gasteiger partial charge in [0.15, 0.2) is 11.5 Å². The zero-order chi connectivity index (χ0) is 20.9. The third-order valence-corrected chi connectivity index (χ3v) is 4.62. The highest BCUT2D eigenvalue weighted by Crippen LogP contribution is 2.32. The van der Waals surface area contributed by atoms with Crippen molar-refractivity contribution in [1.29, 1.82) is 5.26 Å². The molecule has 0 fully saturated rings. The lowest BCUT2D eigenvalue weighted by molar-refractivity contribution is 0.310. The Kier molecular flexibility index (Phi) is 5.44. The van der Waals surface area contributed by atoms with Gasteiger partial charge in [0.2, 0.25) is 0 Å². The molecule has 30 heavy (non-hydrogen) atoms. The quantitative estimate of drug-likeness (QED) is 0.465. The van der Waals surface area contributed by atoms with Gasteiger partial charge in [0.1, 0.15) is 17.7 Å². The van der Waals surface area contributed by atoms with Gasteiger partial charge in [-0.15, -0.1) is 0 Å². The Hall–Kier alpha value is -4.11. The van der Waals surface area contributed by atoms with Crippen LogP contribution in [0.2, 0.25) is 0 Å². The summed E-state index contributed by atoms with van der Waals surface area (Å²) in [6.07, 6.45) is 5.44. The second-order valence-electron chi connectivity index (χ2n) is 6.46. The predicted octanol–water partition coefficient (Wildman–Crippen LogP) is 4.87. The van der Waals surface area contributed by atoms with Gasteiger partial charge in [-0.3, -0.25) is 4.57 Å². The van der Waals surface area contributed by atoms with Crippen molar-refractivity contribution in [3.05, 3.63) is 77.7 Å². The lowest BCUT2D eigenvalue weighted by Gasteiger charge is -2.12. The fourth-order valence-corrected chi connectivity index (χ4v) is 3.27. The number of benzene rings is 2. The number of aromatic nitrogens is 3. The minimum absolute atomic E-state index is 0.512. The number of hydrogen-bond acceptors (Lipinski definition) is 5. The first-order chi connectivity index (χ1) is 14.7. The smallest absolute Gasteiger partial charge is 0.168 e. The van der Waals surface area contributed by atoms with E-state index >= 15 is 0 Å². The molecule has 2 heterocycles. The Bertz CT molecular complexity index is 1250. The van der Waals surface area contributed by atoms with Crippen LogP contribution in [0.3, 0.4) is 0 Å². The number of pyridine rings is 1. The van der Waals surface area contributed by atoms with Gasteiger partial charge in [-0.1, -0.05) is 24.3 Å². The van der Waals surface area contributed by atoms with Gasteiger partial charge < -0.3 is 9.47 Å². The van der Waals surface area contributed by atoms with E-state index in [4.69, 9.17) is 19.7 Å². The molecular weight excluding hydrogens is 376 g/mol. The zero-order valence-electron chi connectivity index (χ0n) is 16.7. The van der Waals surface area contributed by atoms with Gasteiger partial charge in [0.05, 0.1) is 30.3 Å². The maximum atomic E-state index is 9.07. The van der Waals surface area contributed by atoms with Crippen molar-refractivity contribution in [1.82, 2.24) is 14.5 Å². The average molecular weight is 396 g/mol. The van der Waals surface area contributed by atoms with Gasteiger partial charge in [0.25, 0.3) is 0 Å². The standard InChI is InChI=1S/C24H20N4O2/c1-3-30-24-18(7-6-10-21(24)29-2)12-14-23-27-19-8-4-5-9-20(19)28(23)22-13-11-17(15-25)16-26-22/h4-14,16H,3H2,1-2H3. The molecule has 148 valence electrons. The Morgan fingerprint density at radius 3 is 2.67 bits per heavy atom. The van der Waals surface area contributed by atoms with Crippen molar-refractivity contribution in [2.75, 3.05) is 13.7 Å². The van der Waals surface area contributed by atoms with Crippen LogP contribution in [-0.2, 0) is 0 Å². The molecule has 0 saturated carbocycles. The highest BCUT2D eigenvalue weighted by atomic mass is 16.5. The monoisotopic (exact) mass is 396 g/mol. The molecule has 6 heteroatoms. The minimum Gasteiger partial charge on any atom is -0.493 e. The van der Waals surface area contributed by atoms with Crippen LogP contribution in [-0.4, -0.2) is 28.3 Å². The maximum Gasteiger partial charge on any atom is 0.168 e. The molecular formula is C24H20N4O2. The molecule has 0 aliphatic carbocycles. The summed E-state index contributed by atoms with van der Waals surface area (Å²) < 4.78 is 13.2. The van der Waals surface area contributed by atoms with Crippen molar-refractivity contribution in [2.45, 2.75) is 6.92 Å². The Morgan fingerprint density at radius 1 is 1.07 bits per heavy atom. The van der Waals surface area contributed by atoms with Crippen molar-refractivity contribution in [2.24, 2.45) is 0 Å². The number of nitriles is 1. The van der Waals surface area contributed by atoms with Crippen LogP contribution >= 0.6 is 0 Å². The zero-order valence-corrected chi connectivity index (χ0v) is 16.7. The molecule has 0 radical (unpaired) electrons. The third-order valence-electron chi connectivity index (χ3n) is 4.62. The summed E-state index contributed by atoms with van der Waals surface area (Å²) in [5, 5.41) is 9.07. The molecule has 0 saturated heterocycles. The van der Waals surface area contributed by atoms with Crippen molar-refractivity contribution in [3.63, 3.8) is 0 Å². The van der Waals surface area contributed by atoms with Crippen LogP contribution < -0.4 is 9.47 Å². The van der Waals surface area contributed by atoms with E-state index in [1.807, 2.05) is 72.2 Å². The Morgan fingerprint density at radius 2 is 1.93 bits per heavy atom. The molecule has 4 aromatic rings. The summed E-state index contributed by atoms with van der Waals surface area (Å²) in [5.74, 6) is 2.79. The normalized spacial score (nSPS) is 11.0. The molecule has 2 aromatic carbocycles. The van der Waals surface area contributed by atoms with E-state index in [1.54, 1.807) is 19.4 Å². The van der Waals surface area contributed by atoms with Gasteiger partial charge >= 0.3 is 0 Å². The van der Waals surface area contributed by atoms with Crippen LogP contribution in [0.4, 0.5) is 0 Å². The van der Waals surface area contributed by atoms with E-state index in [0.29, 0.717) is 29.5 Å². The van der Waals surface area contributed by atoms with Gasteiger partial charge in [-0.25, -0.2) is 9.97 Å². The SMILES string of the molecule is CCOc1c(C=Cc2nc3ccccc3n2-c2ccc(C#N)cn2)cccc1OC. The summed E-state index contributed by atoms with van der Waals surface area (Å²) >= 11 is 0. The van der Waals surface area contributed by atoms with E-state index < -0.39 is 0 Å². The van der Waals surface area contributed by atoms with Crippen LogP contribution in [0.5, 0.6) is 11.5 Å². The van der Waals surface area contributed by atoms with Gasteiger partial charge in [-0.2, -0.15) is 5.26 Å². The Labute approximate surface area is 174 Å². The predicted molar refractivity (Wildman–Crippen MR) is 117 cm³/mol. The Balaban J connectivity index is 1.83. The number of para-hydroxylation sites is 3. The molecule has 0 atom stereocenters. The van der Waals surface area contributed by atoms with E-state index in [2.05, 4.69) is 11.1 Å². The van der Waals surface area contributed by atoms with Crippen LogP contribution in [0, 0.1) is 11.3 Å². The molecule has 4 rings (SSSR count). The molecule has 0 aliphatic heterocycles. The number of nitrogens with zero attached hydrogens (tertiary/aromatic N) is 4. The van der Waals surface area contributed by atoms with Crippen molar-refractivity contribution < 1.29 is 9.47 Å². The van der Waals surface area contributed by atoms with E-state index in [-0.39, 0.29) is 0 Å². The number of methoxy groups -OCH3 is 1. The topological polar surface area (TPSA) is 73.0 Å². The summed E-state index contributed by atoms with van der Waals surface area (Å²) in [7, 11) is 1.63. The second-order valence-corrected chi connectivity index (χ2v) is 6.46. The molecule has 2 aromatic heterocycles. The molecule has 6 nitrogen and oxygen atoms in total. The highest BCUT2D eigenvalue weighted by Gasteiger charge is 2.12. The molecule has 0 spiro atoms. The lowest BCUT2D eigenvalue weighted by atomic mass is 10.1. The van der Waals surface area contributed by atoms with Gasteiger partial charge in [0, 0.05) is 11.8 Å². The summed E-state index contributed by atoms with van der Waals surface area (Å²) in [6.45, 7) is 2.48. The fourth-order valence-electron chi connectivity index (χ4n) is 3.27. The molecule has 0 unspecified atom stereocenters. The first-order valence-corrected chi connectivity index (χ1v) is 9.57. The van der Waals surface area contributed by atoms with Crippen LogP contribution in [0.25, 0.3) is 29.0 Å². The van der Waals surface area contributed by atoms with E-state index in [1.165, 1.54) is 0 Å². The first kappa shape index (κ1) is 19.2. The largest absolute Gasteiger partial charge is 0.493 e. The number of rotatable bonds is 6. The number of hydrogen-bond donors (Lipinski definition) is 0. The molecule has 0 bridgehead atoms. The number of fused-ring (bicyclic) bond motifs is 1. The first-order valence-electron chi connectivity index (χ1n) is 9.57. The third kappa shape index (κ3) is 3.61. The minimum atomic E-state index is 0.512. The fraction of sp³-hybridized carbons (Fsp3) is 0.125. The summed E-state index contributed by atoms with van der Waals surface area (Å²) in [6, 6.07) is 19.3. The highest BCUT2D eigenvalue weighted by molar-refractivity contribution is 5.82. The van der Waals surface area contributed by atoms with Crippen molar-refractivity contribution >= 4 is 23.2 Å². The molecule has 0 aliphatic rings. The lowest BCUT2D eigenvalue weighted by Crippen LogP contribution is -2.00. The van der Waals surface area contributed by atoms with Gasteiger partial charge in [-0.05, 0) is 49.4 Å².